The van der Waals surface area contributed by atoms with Crippen molar-refractivity contribution in [2.24, 2.45) is 0 Å². The van der Waals surface area contributed by atoms with Gasteiger partial charge in [-0.3, -0.25) is 4.98 Å². The first kappa shape index (κ1) is 13.4. The molecule has 0 amide bonds. The average Bonchev–Trinajstić information content (AvgIpc) is 3.25. The third kappa shape index (κ3) is 3.50. The van der Waals surface area contributed by atoms with Gasteiger partial charge in [0, 0.05) is 28.9 Å². The number of benzene rings is 1. The van der Waals surface area contributed by atoms with Crippen LogP contribution in [0, 0.1) is 6.92 Å². The first-order valence-corrected chi connectivity index (χ1v) is 7.21. The third-order valence-corrected chi connectivity index (χ3v) is 3.53. The second-order valence-corrected chi connectivity index (χ2v) is 5.58. The number of hydrogen-bond donors (Lipinski definition) is 1. The van der Waals surface area contributed by atoms with Gasteiger partial charge in [0.1, 0.15) is 11.5 Å². The lowest BCUT2D eigenvalue weighted by Gasteiger charge is -2.12. The molecule has 0 saturated heterocycles. The number of nitrogens with zero attached hydrogens (tertiary/aromatic N) is 1. The minimum Gasteiger partial charge on any atom is -0.455 e. The summed E-state index contributed by atoms with van der Waals surface area (Å²) in [6.45, 7) is 2.73. The predicted molar refractivity (Wildman–Crippen MR) is 80.4 cm³/mol. The fourth-order valence-electron chi connectivity index (χ4n) is 1.97. The van der Waals surface area contributed by atoms with Gasteiger partial charge in [0.15, 0.2) is 0 Å². The lowest BCUT2D eigenvalue weighted by Crippen LogP contribution is -2.15. The van der Waals surface area contributed by atoms with Gasteiger partial charge in [-0.1, -0.05) is 11.6 Å². The monoisotopic (exact) mass is 288 g/mol. The number of pyridine rings is 1. The van der Waals surface area contributed by atoms with E-state index < -0.39 is 0 Å². The molecule has 1 saturated carbocycles. The maximum atomic E-state index is 6.08. The van der Waals surface area contributed by atoms with Crippen LogP contribution in [-0.4, -0.2) is 11.0 Å². The molecule has 1 aromatic heterocycles. The van der Waals surface area contributed by atoms with Crippen molar-refractivity contribution in [1.29, 1.82) is 0 Å². The molecule has 4 heteroatoms. The molecule has 3 nitrogen and oxygen atoms in total. The second-order valence-electron chi connectivity index (χ2n) is 5.14. The highest BCUT2D eigenvalue weighted by Crippen LogP contribution is 2.29. The van der Waals surface area contributed by atoms with Gasteiger partial charge in [-0.05, 0) is 50.1 Å². The highest BCUT2D eigenvalue weighted by Gasteiger charge is 2.20. The molecule has 1 N–H and O–H groups in total. The highest BCUT2D eigenvalue weighted by molar-refractivity contribution is 6.30. The van der Waals surface area contributed by atoms with Crippen molar-refractivity contribution >= 4 is 11.6 Å². The van der Waals surface area contributed by atoms with Gasteiger partial charge in [-0.15, -0.1) is 0 Å². The number of nitrogens with one attached hydrogen (secondary N) is 1. The zero-order valence-electron chi connectivity index (χ0n) is 11.4. The van der Waals surface area contributed by atoms with E-state index in [1.807, 2.05) is 37.3 Å². The Bertz CT molecular complexity index is 594. The van der Waals surface area contributed by atoms with Crippen molar-refractivity contribution in [1.82, 2.24) is 10.3 Å². The number of rotatable bonds is 5. The minimum atomic E-state index is 0.655. The molecule has 0 radical (unpaired) electrons. The summed E-state index contributed by atoms with van der Waals surface area (Å²) in [6, 6.07) is 10.2. The van der Waals surface area contributed by atoms with Crippen LogP contribution in [0.2, 0.25) is 5.02 Å². The Labute approximate surface area is 123 Å². The average molecular weight is 289 g/mol. The molecule has 1 aliphatic carbocycles. The number of aromatic nitrogens is 1. The van der Waals surface area contributed by atoms with Crippen LogP contribution in [0.5, 0.6) is 11.5 Å². The van der Waals surface area contributed by atoms with E-state index in [1.165, 1.54) is 12.8 Å². The molecule has 1 heterocycles. The van der Waals surface area contributed by atoms with Crippen molar-refractivity contribution in [3.05, 3.63) is 52.8 Å². The quantitative estimate of drug-likeness (QED) is 0.900. The van der Waals surface area contributed by atoms with E-state index >= 15 is 0 Å². The number of hydrogen-bond acceptors (Lipinski definition) is 3. The minimum absolute atomic E-state index is 0.655. The Kier molecular flexibility index (Phi) is 3.90. The summed E-state index contributed by atoms with van der Waals surface area (Å²) < 4.78 is 5.91. The van der Waals surface area contributed by atoms with Gasteiger partial charge in [0.05, 0.1) is 6.20 Å². The first-order valence-electron chi connectivity index (χ1n) is 6.83. The van der Waals surface area contributed by atoms with Crippen molar-refractivity contribution < 1.29 is 4.74 Å². The van der Waals surface area contributed by atoms with E-state index in [2.05, 4.69) is 10.3 Å². The Hall–Kier alpha value is -1.58. The lowest BCUT2D eigenvalue weighted by molar-refractivity contribution is 0.470. The molecule has 0 atom stereocenters. The summed E-state index contributed by atoms with van der Waals surface area (Å²) in [5.74, 6) is 1.57. The topological polar surface area (TPSA) is 34.1 Å². The molecule has 0 spiro atoms. The van der Waals surface area contributed by atoms with E-state index in [4.69, 9.17) is 16.3 Å². The number of aryl methyl sites for hydroxylation is 1. The van der Waals surface area contributed by atoms with Crippen LogP contribution in [-0.2, 0) is 6.54 Å². The smallest absolute Gasteiger partial charge is 0.145 e. The maximum Gasteiger partial charge on any atom is 0.145 e. The summed E-state index contributed by atoms with van der Waals surface area (Å²) in [4.78, 5) is 4.24. The van der Waals surface area contributed by atoms with Gasteiger partial charge in [-0.25, -0.2) is 0 Å². The zero-order valence-corrected chi connectivity index (χ0v) is 12.2. The normalized spacial score (nSPS) is 14.3. The Morgan fingerprint density at radius 2 is 2.15 bits per heavy atom. The van der Waals surface area contributed by atoms with Crippen LogP contribution in [0.15, 0.2) is 36.5 Å². The fourth-order valence-corrected chi connectivity index (χ4v) is 2.16. The van der Waals surface area contributed by atoms with Crippen LogP contribution < -0.4 is 10.1 Å². The summed E-state index contributed by atoms with van der Waals surface area (Å²) in [7, 11) is 0. The van der Waals surface area contributed by atoms with E-state index in [0.29, 0.717) is 6.04 Å². The summed E-state index contributed by atoms with van der Waals surface area (Å²) in [5.41, 5.74) is 2.05. The molecule has 104 valence electrons. The van der Waals surface area contributed by atoms with Crippen LogP contribution in [0.1, 0.15) is 24.1 Å². The molecular formula is C16H17ClN2O. The summed E-state index contributed by atoms with van der Waals surface area (Å²) in [5, 5.41) is 4.21. The summed E-state index contributed by atoms with van der Waals surface area (Å²) >= 11 is 6.08. The molecule has 2 aromatic rings. The van der Waals surface area contributed by atoms with Gasteiger partial charge < -0.3 is 10.1 Å². The highest BCUT2D eigenvalue weighted by atomic mass is 35.5. The van der Waals surface area contributed by atoms with Crippen molar-refractivity contribution in [3.63, 3.8) is 0 Å². The maximum absolute atomic E-state index is 6.08. The molecule has 20 heavy (non-hydrogen) atoms. The van der Waals surface area contributed by atoms with Crippen LogP contribution in [0.4, 0.5) is 0 Å². The van der Waals surface area contributed by atoms with E-state index in [-0.39, 0.29) is 0 Å². The summed E-state index contributed by atoms with van der Waals surface area (Å²) in [6.07, 6.45) is 4.26. The molecule has 1 aromatic carbocycles. The third-order valence-electron chi connectivity index (χ3n) is 3.29. The lowest BCUT2D eigenvalue weighted by atomic mass is 10.2. The van der Waals surface area contributed by atoms with E-state index in [0.717, 1.165) is 34.3 Å². The van der Waals surface area contributed by atoms with Crippen LogP contribution in [0.3, 0.4) is 0 Å². The van der Waals surface area contributed by atoms with Crippen molar-refractivity contribution in [2.75, 3.05) is 0 Å². The molecule has 0 unspecified atom stereocenters. The van der Waals surface area contributed by atoms with Gasteiger partial charge >= 0.3 is 0 Å². The van der Waals surface area contributed by atoms with Gasteiger partial charge in [0.25, 0.3) is 0 Å². The van der Waals surface area contributed by atoms with Crippen LogP contribution in [0.25, 0.3) is 0 Å². The Balaban J connectivity index is 1.77. The Morgan fingerprint density at radius 1 is 1.30 bits per heavy atom. The zero-order chi connectivity index (χ0) is 13.9. The van der Waals surface area contributed by atoms with Gasteiger partial charge in [0.2, 0.25) is 0 Å². The fraction of sp³-hybridized carbons (Fsp3) is 0.312. The van der Waals surface area contributed by atoms with E-state index in [1.54, 1.807) is 6.20 Å². The first-order chi connectivity index (χ1) is 9.70. The van der Waals surface area contributed by atoms with Gasteiger partial charge in [-0.2, -0.15) is 0 Å². The number of halogens is 1. The molecule has 1 aliphatic rings. The standard InChI is InChI=1S/C16H17ClN2O/c1-11-2-6-15(10-18-11)20-16-7-3-13(17)8-12(16)9-19-14-4-5-14/h2-3,6-8,10,14,19H,4-5,9H2,1H3. The SMILES string of the molecule is Cc1ccc(Oc2ccc(Cl)cc2CNC2CC2)cn1. The molecule has 0 bridgehead atoms. The van der Waals surface area contributed by atoms with Crippen molar-refractivity contribution in [3.8, 4) is 11.5 Å². The predicted octanol–water partition coefficient (Wildman–Crippen LogP) is 4.09. The number of ether oxygens (including phenoxy) is 1. The molecule has 0 aliphatic heterocycles. The largest absolute Gasteiger partial charge is 0.455 e. The Morgan fingerprint density at radius 3 is 2.85 bits per heavy atom. The van der Waals surface area contributed by atoms with E-state index in [9.17, 15) is 0 Å². The second kappa shape index (κ2) is 5.81. The van der Waals surface area contributed by atoms with Crippen LogP contribution >= 0.6 is 11.6 Å². The van der Waals surface area contributed by atoms with Crippen molar-refractivity contribution in [2.45, 2.75) is 32.4 Å². The molecular weight excluding hydrogens is 272 g/mol. The molecule has 1 fully saturated rings. The molecule has 3 rings (SSSR count).